The highest BCUT2D eigenvalue weighted by atomic mass is 16.4. The summed E-state index contributed by atoms with van der Waals surface area (Å²) in [4.78, 5) is 155. The van der Waals surface area contributed by atoms with E-state index in [4.69, 9.17) is 22.9 Å². The maximum Gasteiger partial charge on any atom is 0.326 e. The van der Waals surface area contributed by atoms with Gasteiger partial charge in [-0.25, -0.2) is 9.78 Å². The number of imidazole rings is 1. The molecule has 9 atom stereocenters. The molecule has 29 nitrogen and oxygen atoms in total. The first-order valence-corrected chi connectivity index (χ1v) is 24.1. The molecule has 29 heteroatoms. The topological polar surface area (TPSA) is 490 Å². The molecule has 0 aliphatic heterocycles. The first kappa shape index (κ1) is 64.6. The molecule has 1 aromatic rings. The zero-order valence-electron chi connectivity index (χ0n) is 42.9. The van der Waals surface area contributed by atoms with Crippen LogP contribution in [-0.2, 0) is 59.2 Å². The Labute approximate surface area is 428 Å². The molecule has 1 heterocycles. The number of carbonyl (C=O) groups is 11. The number of aromatic nitrogens is 2. The van der Waals surface area contributed by atoms with Crippen molar-refractivity contribution in [3.63, 3.8) is 0 Å². The molecule has 9 amide bonds. The minimum Gasteiger partial charge on any atom is -0.481 e. The number of guanidine groups is 1. The van der Waals surface area contributed by atoms with Crippen molar-refractivity contribution < 1.29 is 68.1 Å². The molecule has 0 fully saturated rings. The monoisotopic (exact) mass is 1050 g/mol. The van der Waals surface area contributed by atoms with E-state index in [9.17, 15) is 68.1 Å². The van der Waals surface area contributed by atoms with E-state index < -0.39 is 158 Å². The number of amides is 9. The Morgan fingerprint density at radius 3 is 1.57 bits per heavy atom. The average Bonchev–Trinajstić information content (AvgIpc) is 3.82. The summed E-state index contributed by atoms with van der Waals surface area (Å²) in [5.41, 5.74) is 22.2. The summed E-state index contributed by atoms with van der Waals surface area (Å²) in [5, 5.41) is 48.9. The number of rotatable bonds is 35. The minimum atomic E-state index is -1.80. The number of carboxylic acid groups (broad SMARTS) is 2. The molecule has 0 saturated heterocycles. The van der Waals surface area contributed by atoms with Gasteiger partial charge in [-0.2, -0.15) is 0 Å². The van der Waals surface area contributed by atoms with Gasteiger partial charge in [0.1, 0.15) is 48.3 Å². The average molecular weight is 1050 g/mol. The van der Waals surface area contributed by atoms with Gasteiger partial charge in [-0.1, -0.05) is 41.5 Å². The lowest BCUT2D eigenvalue weighted by molar-refractivity contribution is -0.143. The molecule has 1 aromatic heterocycles. The van der Waals surface area contributed by atoms with Crippen LogP contribution in [0, 0.1) is 17.8 Å². The third-order valence-electron chi connectivity index (χ3n) is 11.0. The van der Waals surface area contributed by atoms with Crippen molar-refractivity contribution in [2.45, 2.75) is 161 Å². The van der Waals surface area contributed by atoms with E-state index in [2.05, 4.69) is 57.5 Å². The van der Waals surface area contributed by atoms with Crippen LogP contribution in [0.25, 0.3) is 0 Å². The summed E-state index contributed by atoms with van der Waals surface area (Å²) >= 11 is 0. The van der Waals surface area contributed by atoms with Crippen LogP contribution in [0.5, 0.6) is 0 Å². The predicted molar refractivity (Wildman–Crippen MR) is 265 cm³/mol. The lowest BCUT2D eigenvalue weighted by Crippen LogP contribution is -2.61. The van der Waals surface area contributed by atoms with Crippen molar-refractivity contribution >= 4 is 71.1 Å². The van der Waals surface area contributed by atoms with E-state index in [-0.39, 0.29) is 55.7 Å². The van der Waals surface area contributed by atoms with E-state index >= 15 is 0 Å². The van der Waals surface area contributed by atoms with E-state index in [1.165, 1.54) is 19.4 Å². The predicted octanol–water partition coefficient (Wildman–Crippen LogP) is -4.81. The van der Waals surface area contributed by atoms with Gasteiger partial charge in [-0.3, -0.25) is 52.9 Å². The number of nitrogens with two attached hydrogens (primary N) is 4. The molecule has 1 rings (SSSR count). The van der Waals surface area contributed by atoms with E-state index in [0.29, 0.717) is 6.42 Å². The number of aliphatic carboxylic acids is 2. The van der Waals surface area contributed by atoms with Gasteiger partial charge in [0.25, 0.3) is 0 Å². The van der Waals surface area contributed by atoms with Crippen LogP contribution in [0.4, 0.5) is 0 Å². The van der Waals surface area contributed by atoms with Gasteiger partial charge in [0.05, 0.1) is 19.0 Å². The first-order chi connectivity index (χ1) is 34.6. The minimum absolute atomic E-state index is 0.0293. The molecule has 0 spiro atoms. The van der Waals surface area contributed by atoms with Crippen LogP contribution < -0.4 is 65.5 Å². The number of nitrogens with one attached hydrogen (secondary N) is 9. The number of aliphatic hydroxyl groups is 1. The Balaban J connectivity index is 3.39. The molecular formula is C45H77N15O14. The molecule has 0 bridgehead atoms. The Morgan fingerprint density at radius 1 is 0.595 bits per heavy atom. The van der Waals surface area contributed by atoms with Crippen molar-refractivity contribution in [1.82, 2.24) is 52.5 Å². The Morgan fingerprint density at radius 2 is 1.08 bits per heavy atom. The van der Waals surface area contributed by atoms with Crippen molar-refractivity contribution in [1.29, 1.82) is 0 Å². The number of carbonyl (C=O) groups excluding carboxylic acids is 9. The summed E-state index contributed by atoms with van der Waals surface area (Å²) in [6.07, 6.45) is 0.725. The second-order valence-corrected chi connectivity index (χ2v) is 18.9. The van der Waals surface area contributed by atoms with Gasteiger partial charge in [0.15, 0.2) is 5.96 Å². The highest BCUT2D eigenvalue weighted by Gasteiger charge is 2.36. The number of aromatic amines is 1. The van der Waals surface area contributed by atoms with Gasteiger partial charge in [0, 0.05) is 37.7 Å². The molecular weight excluding hydrogens is 975 g/mol. The van der Waals surface area contributed by atoms with Crippen LogP contribution in [0.1, 0.15) is 106 Å². The largest absolute Gasteiger partial charge is 0.481 e. The number of primary amides is 1. The van der Waals surface area contributed by atoms with Crippen LogP contribution in [-0.4, -0.2) is 164 Å². The number of aliphatic imine (C=N–C) groups is 1. The lowest BCUT2D eigenvalue weighted by atomic mass is 10.00. The SMILES string of the molecule is CC(C)C[C@H](NC(=O)[C@H](CC(C)C)NC(=O)[C@H](CCC(N)=O)NC(=O)[C@H](Cc1cnc[nH]1)NC(=O)[C@H](CCC(=O)O)NC(=O)[C@H](CO)NC(=O)[C@@H](NC(=O)[C@H](C)NC(=O)[C@@H](N)CCCN=C(N)N)C(C)C)C(=O)O. The van der Waals surface area contributed by atoms with Crippen LogP contribution in [0.15, 0.2) is 17.5 Å². The molecule has 20 N–H and O–H groups in total. The van der Waals surface area contributed by atoms with Crippen LogP contribution >= 0.6 is 0 Å². The van der Waals surface area contributed by atoms with Crippen molar-refractivity contribution in [2.24, 2.45) is 45.7 Å². The highest BCUT2D eigenvalue weighted by Crippen LogP contribution is 2.12. The number of H-pyrrole nitrogens is 1. The van der Waals surface area contributed by atoms with E-state index in [0.717, 1.165) is 0 Å². The maximum atomic E-state index is 14.1. The number of carboxylic acids is 2. The molecule has 0 aromatic carbocycles. The van der Waals surface area contributed by atoms with E-state index in [1.54, 1.807) is 41.5 Å². The molecule has 0 aliphatic carbocycles. The second-order valence-electron chi connectivity index (χ2n) is 18.9. The highest BCUT2D eigenvalue weighted by molar-refractivity contribution is 5.98. The van der Waals surface area contributed by atoms with Gasteiger partial charge < -0.3 is 85.8 Å². The molecule has 0 radical (unpaired) electrons. The number of nitrogens with zero attached hydrogens (tertiary/aromatic N) is 2. The van der Waals surface area contributed by atoms with Gasteiger partial charge in [-0.15, -0.1) is 0 Å². The third kappa shape index (κ3) is 24.8. The van der Waals surface area contributed by atoms with E-state index in [1.807, 2.05) is 0 Å². The molecule has 74 heavy (non-hydrogen) atoms. The zero-order chi connectivity index (χ0) is 56.4. The quantitative estimate of drug-likeness (QED) is 0.0172. The smallest absolute Gasteiger partial charge is 0.326 e. The number of hydrogen-bond acceptors (Lipinski definition) is 15. The van der Waals surface area contributed by atoms with Crippen molar-refractivity contribution in [3.8, 4) is 0 Å². The Bertz CT molecular complexity index is 2100. The second kappa shape index (κ2) is 32.6. The standard InChI is InChI=1S/C45H77N15O14/c1-21(2)15-29(40(69)58-31(44(73)74)16-22(3)4)56-38(67)27(10-12-33(47)62)54-41(70)30(17-25-18-50-20-52-25)57-39(68)28(11-13-34(63)64)55-42(71)32(19-61)59-43(72)35(23(5)6)60-36(65)24(7)53-37(66)26(46)9-8-14-51-45(48)49/h18,20-24,26-32,35,61H,8-17,19,46H2,1-7H3,(H2,47,62)(H,50,52)(H,53,66)(H,54,70)(H,55,71)(H,56,67)(H,57,68)(H,58,69)(H,59,72)(H,60,65)(H,63,64)(H,73,74)(H4,48,49,51)/t24-,26-,27-,28-,29-,30-,31-,32-,35-/m0/s1. The molecule has 416 valence electrons. The third-order valence-corrected chi connectivity index (χ3v) is 11.0. The van der Waals surface area contributed by atoms with Crippen molar-refractivity contribution in [2.75, 3.05) is 13.2 Å². The van der Waals surface area contributed by atoms with Gasteiger partial charge in [0.2, 0.25) is 53.2 Å². The first-order valence-electron chi connectivity index (χ1n) is 24.1. The molecule has 0 aliphatic rings. The van der Waals surface area contributed by atoms with Crippen LogP contribution in [0.2, 0.25) is 0 Å². The zero-order valence-corrected chi connectivity index (χ0v) is 42.9. The maximum absolute atomic E-state index is 14.1. The van der Waals surface area contributed by atoms with Gasteiger partial charge in [-0.05, 0) is 63.2 Å². The van der Waals surface area contributed by atoms with Crippen LogP contribution in [0.3, 0.4) is 0 Å². The molecule has 0 saturated carbocycles. The summed E-state index contributed by atoms with van der Waals surface area (Å²) in [7, 11) is 0. The lowest BCUT2D eigenvalue weighted by Gasteiger charge is -2.28. The fourth-order valence-electron chi connectivity index (χ4n) is 6.98. The fourth-order valence-corrected chi connectivity index (χ4v) is 6.98. The summed E-state index contributed by atoms with van der Waals surface area (Å²) in [6.45, 7) is 10.6. The number of hydrogen-bond donors (Lipinski definition) is 16. The molecule has 0 unspecified atom stereocenters. The van der Waals surface area contributed by atoms with Gasteiger partial charge >= 0.3 is 11.9 Å². The summed E-state index contributed by atoms with van der Waals surface area (Å²) in [6, 6.07) is -12.9. The Hall–Kier alpha value is -7.43. The summed E-state index contributed by atoms with van der Waals surface area (Å²) < 4.78 is 0. The summed E-state index contributed by atoms with van der Waals surface area (Å²) in [5.74, 6) is -12.3. The normalized spacial score (nSPS) is 14.8. The fraction of sp³-hybridized carbons (Fsp3) is 0.667. The van der Waals surface area contributed by atoms with Crippen molar-refractivity contribution in [3.05, 3.63) is 18.2 Å². The Kier molecular flexibility index (Phi) is 28.5. The number of aliphatic hydroxyl groups excluding tert-OH is 1.